The highest BCUT2D eigenvalue weighted by molar-refractivity contribution is 5.33. The van der Waals surface area contributed by atoms with Gasteiger partial charge in [0, 0.05) is 11.9 Å². The molecule has 2 rings (SSSR count). The Balaban J connectivity index is 2.50. The zero-order chi connectivity index (χ0) is 12.6. The summed E-state index contributed by atoms with van der Waals surface area (Å²) in [4.78, 5) is 3.93. The van der Waals surface area contributed by atoms with Gasteiger partial charge in [0.1, 0.15) is 0 Å². The third-order valence-corrected chi connectivity index (χ3v) is 2.28. The Morgan fingerprint density at radius 1 is 1.12 bits per heavy atom. The maximum absolute atomic E-state index is 12.5. The van der Waals surface area contributed by atoms with Crippen LogP contribution in [0, 0.1) is 13.8 Å². The smallest absolute Gasteiger partial charge is 0.262 e. The molecule has 2 aromatic heterocycles. The van der Waals surface area contributed by atoms with Crippen LogP contribution in [0.4, 0.5) is 13.2 Å². The van der Waals surface area contributed by atoms with E-state index in [1.807, 2.05) is 6.92 Å². The first-order valence-electron chi connectivity index (χ1n) is 4.94. The van der Waals surface area contributed by atoms with Gasteiger partial charge in [-0.3, -0.25) is 4.98 Å². The molecule has 2 heterocycles. The highest BCUT2D eigenvalue weighted by Gasteiger charge is 2.34. The molecular formula is C11H10F3N3. The first-order valence-corrected chi connectivity index (χ1v) is 4.94. The summed E-state index contributed by atoms with van der Waals surface area (Å²) in [6, 6.07) is 2.75. The maximum atomic E-state index is 12.5. The molecule has 0 bridgehead atoms. The average Bonchev–Trinajstić information content (AvgIpc) is 2.60. The van der Waals surface area contributed by atoms with E-state index >= 15 is 0 Å². The van der Waals surface area contributed by atoms with Crippen LogP contribution in [0.1, 0.15) is 17.0 Å². The predicted octanol–water partition coefficient (Wildman–Crippen LogP) is 2.90. The van der Waals surface area contributed by atoms with Crippen molar-refractivity contribution >= 4 is 0 Å². The lowest BCUT2D eigenvalue weighted by molar-refractivity contribution is -0.141. The molecule has 90 valence electrons. The zero-order valence-corrected chi connectivity index (χ0v) is 9.28. The fourth-order valence-electron chi connectivity index (χ4n) is 1.53. The van der Waals surface area contributed by atoms with Crippen LogP contribution in [0.3, 0.4) is 0 Å². The molecule has 0 aliphatic rings. The van der Waals surface area contributed by atoms with Crippen LogP contribution >= 0.6 is 0 Å². The van der Waals surface area contributed by atoms with Crippen LogP contribution < -0.4 is 0 Å². The summed E-state index contributed by atoms with van der Waals surface area (Å²) in [5.74, 6) is 0. The van der Waals surface area contributed by atoms with Crippen LogP contribution in [-0.2, 0) is 6.18 Å². The highest BCUT2D eigenvalue weighted by Crippen LogP contribution is 2.29. The summed E-state index contributed by atoms with van der Waals surface area (Å²) in [5, 5.41) is 3.54. The number of pyridine rings is 1. The van der Waals surface area contributed by atoms with E-state index in [-0.39, 0.29) is 0 Å². The van der Waals surface area contributed by atoms with E-state index in [2.05, 4.69) is 10.1 Å². The molecule has 0 saturated carbocycles. The van der Waals surface area contributed by atoms with Crippen LogP contribution in [0.15, 0.2) is 24.5 Å². The van der Waals surface area contributed by atoms with Crippen molar-refractivity contribution in [2.75, 3.05) is 0 Å². The van der Waals surface area contributed by atoms with Gasteiger partial charge in [-0.2, -0.15) is 18.3 Å². The molecule has 0 unspecified atom stereocenters. The zero-order valence-electron chi connectivity index (χ0n) is 9.28. The van der Waals surface area contributed by atoms with Crippen molar-refractivity contribution in [2.45, 2.75) is 20.0 Å². The fraction of sp³-hybridized carbons (Fsp3) is 0.273. The van der Waals surface area contributed by atoms with Crippen molar-refractivity contribution in [2.24, 2.45) is 0 Å². The number of aromatic nitrogens is 3. The Kier molecular flexibility index (Phi) is 2.65. The van der Waals surface area contributed by atoms with Gasteiger partial charge in [-0.1, -0.05) is 0 Å². The van der Waals surface area contributed by atoms with E-state index in [0.717, 1.165) is 11.6 Å². The molecule has 0 N–H and O–H groups in total. The van der Waals surface area contributed by atoms with Crippen LogP contribution in [0.5, 0.6) is 0 Å². The molecule has 0 amide bonds. The first kappa shape index (κ1) is 11.6. The average molecular weight is 241 g/mol. The summed E-state index contributed by atoms with van der Waals surface area (Å²) in [6.45, 7) is 3.39. The molecule has 17 heavy (non-hydrogen) atoms. The maximum Gasteiger partial charge on any atom is 0.435 e. The van der Waals surface area contributed by atoms with Crippen molar-refractivity contribution in [3.8, 4) is 5.69 Å². The van der Waals surface area contributed by atoms with E-state index in [1.54, 1.807) is 19.2 Å². The second-order valence-corrected chi connectivity index (χ2v) is 3.80. The van der Waals surface area contributed by atoms with Gasteiger partial charge in [0.05, 0.1) is 11.9 Å². The van der Waals surface area contributed by atoms with Crippen molar-refractivity contribution in [3.63, 3.8) is 0 Å². The summed E-state index contributed by atoms with van der Waals surface area (Å²) in [6.07, 6.45) is -1.31. The number of rotatable bonds is 1. The number of hydrogen-bond donors (Lipinski definition) is 0. The van der Waals surface area contributed by atoms with Crippen molar-refractivity contribution in [3.05, 3.63) is 41.5 Å². The molecule has 0 saturated heterocycles. The third kappa shape index (κ3) is 2.30. The normalized spacial score (nSPS) is 11.8. The molecule has 0 aliphatic heterocycles. The number of hydrogen-bond acceptors (Lipinski definition) is 2. The minimum Gasteiger partial charge on any atom is -0.262 e. The van der Waals surface area contributed by atoms with Crippen LogP contribution in [0.25, 0.3) is 5.69 Å². The fourth-order valence-corrected chi connectivity index (χ4v) is 1.53. The summed E-state index contributed by atoms with van der Waals surface area (Å²) >= 11 is 0. The van der Waals surface area contributed by atoms with Gasteiger partial charge in [0.25, 0.3) is 0 Å². The van der Waals surface area contributed by atoms with Crippen molar-refractivity contribution in [1.29, 1.82) is 0 Å². The second kappa shape index (κ2) is 3.87. The predicted molar refractivity (Wildman–Crippen MR) is 55.8 cm³/mol. The monoisotopic (exact) mass is 241 g/mol. The Bertz CT molecular complexity index is 543. The van der Waals surface area contributed by atoms with E-state index in [4.69, 9.17) is 0 Å². The van der Waals surface area contributed by atoms with Crippen LogP contribution in [-0.4, -0.2) is 14.8 Å². The minimum absolute atomic E-state index is 0.421. The molecular weight excluding hydrogens is 231 g/mol. The van der Waals surface area contributed by atoms with Gasteiger partial charge < -0.3 is 0 Å². The largest absolute Gasteiger partial charge is 0.435 e. The van der Waals surface area contributed by atoms with Gasteiger partial charge in [0.15, 0.2) is 5.69 Å². The van der Waals surface area contributed by atoms with E-state index in [1.165, 1.54) is 10.9 Å². The quantitative estimate of drug-likeness (QED) is 0.768. The highest BCUT2D eigenvalue weighted by atomic mass is 19.4. The van der Waals surface area contributed by atoms with Crippen molar-refractivity contribution < 1.29 is 13.2 Å². The summed E-state index contributed by atoms with van der Waals surface area (Å²) < 4.78 is 38.7. The molecule has 0 radical (unpaired) electrons. The number of halogens is 3. The van der Waals surface area contributed by atoms with Gasteiger partial charge in [-0.25, -0.2) is 4.68 Å². The number of aryl methyl sites for hydroxylation is 2. The molecule has 0 aliphatic carbocycles. The molecule has 0 spiro atoms. The molecule has 6 heteroatoms. The Morgan fingerprint density at radius 2 is 1.82 bits per heavy atom. The van der Waals surface area contributed by atoms with Gasteiger partial charge in [-0.05, 0) is 31.5 Å². The third-order valence-electron chi connectivity index (χ3n) is 2.28. The minimum atomic E-state index is -4.42. The first-order chi connectivity index (χ1) is 7.88. The SMILES string of the molecule is Cc1cncc(-n2nc(C(F)(F)F)cc2C)c1. The van der Waals surface area contributed by atoms with E-state index in [0.29, 0.717) is 11.4 Å². The molecule has 0 fully saturated rings. The van der Waals surface area contributed by atoms with E-state index in [9.17, 15) is 13.2 Å². The Labute approximate surface area is 95.9 Å². The standard InChI is InChI=1S/C11H10F3N3/c1-7-3-9(6-15-5-7)17-8(2)4-10(16-17)11(12,13)14/h3-6H,1-2H3. The topological polar surface area (TPSA) is 30.7 Å². The summed E-state index contributed by atoms with van der Waals surface area (Å²) in [5.41, 5.74) is 0.921. The van der Waals surface area contributed by atoms with Gasteiger partial charge in [-0.15, -0.1) is 0 Å². The van der Waals surface area contributed by atoms with Crippen molar-refractivity contribution in [1.82, 2.24) is 14.8 Å². The lowest BCUT2D eigenvalue weighted by atomic mass is 10.3. The van der Waals surface area contributed by atoms with E-state index < -0.39 is 11.9 Å². The summed E-state index contributed by atoms with van der Waals surface area (Å²) in [7, 11) is 0. The Morgan fingerprint density at radius 3 is 2.35 bits per heavy atom. The lowest BCUT2D eigenvalue weighted by Crippen LogP contribution is -2.07. The number of nitrogens with zero attached hydrogens (tertiary/aromatic N) is 3. The van der Waals surface area contributed by atoms with Gasteiger partial charge >= 0.3 is 6.18 Å². The molecule has 0 aromatic carbocycles. The Hall–Kier alpha value is -1.85. The molecule has 3 nitrogen and oxygen atoms in total. The molecule has 0 atom stereocenters. The van der Waals surface area contributed by atoms with Gasteiger partial charge in [0.2, 0.25) is 0 Å². The second-order valence-electron chi connectivity index (χ2n) is 3.80. The number of alkyl halides is 3. The van der Waals surface area contributed by atoms with Crippen LogP contribution in [0.2, 0.25) is 0 Å². The molecule has 2 aromatic rings. The lowest BCUT2D eigenvalue weighted by Gasteiger charge is -2.04.